The lowest BCUT2D eigenvalue weighted by molar-refractivity contribution is -0.137. The number of hydrogen-bond acceptors (Lipinski definition) is 2. The predicted octanol–water partition coefficient (Wildman–Crippen LogP) is 2.98. The summed E-state index contributed by atoms with van der Waals surface area (Å²) in [6.45, 7) is 0.991. The zero-order valence-corrected chi connectivity index (χ0v) is 11.0. The highest BCUT2D eigenvalue weighted by atomic mass is 32.1. The minimum Gasteiger partial charge on any atom is -0.338 e. The van der Waals surface area contributed by atoms with Crippen molar-refractivity contribution in [2.45, 2.75) is 19.1 Å². The fourth-order valence-corrected chi connectivity index (χ4v) is 2.39. The number of carbonyl (C=O) groups is 1. The lowest BCUT2D eigenvalue weighted by atomic mass is 10.1. The van der Waals surface area contributed by atoms with E-state index in [9.17, 15) is 18.0 Å². The monoisotopic (exact) mass is 289 g/mol. The van der Waals surface area contributed by atoms with Crippen LogP contribution in [0.15, 0.2) is 24.3 Å². The van der Waals surface area contributed by atoms with Gasteiger partial charge >= 0.3 is 6.18 Å². The van der Waals surface area contributed by atoms with E-state index in [1.54, 1.807) is 4.90 Å². The Morgan fingerprint density at radius 3 is 2.37 bits per heavy atom. The molecule has 1 saturated heterocycles. The fraction of sp³-hybridized carbons (Fsp3) is 0.462. The number of carbonyl (C=O) groups excluding carboxylic acids is 1. The van der Waals surface area contributed by atoms with Gasteiger partial charge in [0.25, 0.3) is 0 Å². The lowest BCUT2D eigenvalue weighted by Gasteiger charge is -2.17. The van der Waals surface area contributed by atoms with Gasteiger partial charge in [-0.1, -0.05) is 12.1 Å². The first kappa shape index (κ1) is 14.2. The first-order valence-corrected chi connectivity index (χ1v) is 6.58. The van der Waals surface area contributed by atoms with Gasteiger partial charge in [0.1, 0.15) is 0 Å². The third kappa shape index (κ3) is 3.43. The van der Waals surface area contributed by atoms with E-state index in [4.69, 9.17) is 0 Å². The molecule has 1 amide bonds. The second-order valence-electron chi connectivity index (χ2n) is 4.72. The van der Waals surface area contributed by atoms with Crippen molar-refractivity contribution in [3.05, 3.63) is 35.4 Å². The van der Waals surface area contributed by atoms with Crippen LogP contribution in [0.1, 0.15) is 17.5 Å². The van der Waals surface area contributed by atoms with Crippen LogP contribution in [0, 0.1) is 5.92 Å². The van der Waals surface area contributed by atoms with E-state index >= 15 is 0 Å². The van der Waals surface area contributed by atoms with Crippen molar-refractivity contribution in [1.82, 2.24) is 4.90 Å². The molecule has 1 aliphatic heterocycles. The average Bonchev–Trinajstić information content (AvgIpc) is 2.70. The molecule has 0 aromatic heterocycles. The van der Waals surface area contributed by atoms with Gasteiger partial charge in [0.2, 0.25) is 5.91 Å². The average molecular weight is 289 g/mol. The van der Waals surface area contributed by atoms with E-state index in [1.807, 2.05) is 0 Å². The maximum atomic E-state index is 12.4. The number of rotatable bonds is 3. The molecule has 2 nitrogen and oxygen atoms in total. The summed E-state index contributed by atoms with van der Waals surface area (Å²) in [4.78, 5) is 13.4. The number of hydrogen-bond donors (Lipinski definition) is 1. The van der Waals surface area contributed by atoms with Gasteiger partial charge in [-0.05, 0) is 29.4 Å². The number of thiol groups is 1. The van der Waals surface area contributed by atoms with Gasteiger partial charge in [0.15, 0.2) is 0 Å². The molecule has 6 heteroatoms. The van der Waals surface area contributed by atoms with E-state index in [-0.39, 0.29) is 11.8 Å². The summed E-state index contributed by atoms with van der Waals surface area (Å²) < 4.78 is 37.2. The first-order valence-electron chi connectivity index (χ1n) is 5.95. The molecule has 0 spiro atoms. The summed E-state index contributed by atoms with van der Waals surface area (Å²) in [5, 5.41) is 0. The molecule has 1 fully saturated rings. The third-order valence-corrected chi connectivity index (χ3v) is 3.72. The second-order valence-corrected chi connectivity index (χ2v) is 5.09. The number of likely N-dealkylation sites (tertiary alicyclic amines) is 1. The van der Waals surface area contributed by atoms with E-state index < -0.39 is 11.7 Å². The molecule has 2 rings (SSSR count). The van der Waals surface area contributed by atoms with E-state index in [0.29, 0.717) is 30.8 Å². The van der Waals surface area contributed by atoms with Gasteiger partial charge in [-0.3, -0.25) is 4.79 Å². The normalized spacial score (nSPS) is 20.1. The third-order valence-electron chi connectivity index (χ3n) is 3.21. The molecule has 0 saturated carbocycles. The molecule has 19 heavy (non-hydrogen) atoms. The van der Waals surface area contributed by atoms with Gasteiger partial charge in [-0.2, -0.15) is 25.8 Å². The maximum Gasteiger partial charge on any atom is 0.416 e. The van der Waals surface area contributed by atoms with Crippen LogP contribution in [0.3, 0.4) is 0 Å². The largest absolute Gasteiger partial charge is 0.416 e. The predicted molar refractivity (Wildman–Crippen MR) is 68.8 cm³/mol. The van der Waals surface area contributed by atoms with E-state index in [2.05, 4.69) is 12.6 Å². The Morgan fingerprint density at radius 1 is 1.26 bits per heavy atom. The molecule has 0 radical (unpaired) electrons. The smallest absolute Gasteiger partial charge is 0.338 e. The van der Waals surface area contributed by atoms with Crippen molar-refractivity contribution in [3.63, 3.8) is 0 Å². The van der Waals surface area contributed by atoms with Crippen molar-refractivity contribution in [2.24, 2.45) is 5.92 Å². The van der Waals surface area contributed by atoms with Crippen LogP contribution in [0.4, 0.5) is 13.2 Å². The highest BCUT2D eigenvalue weighted by molar-refractivity contribution is 7.80. The number of nitrogens with zero attached hydrogens (tertiary/aromatic N) is 1. The molecule has 1 unspecified atom stereocenters. The molecular weight excluding hydrogens is 275 g/mol. The molecule has 1 aromatic rings. The molecular formula is C13H14F3NOS. The van der Waals surface area contributed by atoms with E-state index in [1.165, 1.54) is 12.1 Å². The topological polar surface area (TPSA) is 20.3 Å². The Morgan fingerprint density at radius 2 is 1.89 bits per heavy atom. The van der Waals surface area contributed by atoms with Crippen LogP contribution in [0.25, 0.3) is 0 Å². The van der Waals surface area contributed by atoms with Crippen molar-refractivity contribution < 1.29 is 18.0 Å². The number of benzene rings is 1. The summed E-state index contributed by atoms with van der Waals surface area (Å²) in [6.07, 6.45) is -3.84. The Labute approximate surface area is 115 Å². The summed E-state index contributed by atoms with van der Waals surface area (Å²) in [6, 6.07) is 4.94. The highest BCUT2D eigenvalue weighted by Crippen LogP contribution is 2.29. The Balaban J connectivity index is 2.02. The SMILES string of the molecule is O=C1CC(CS)CN1Cc1ccc(C(F)(F)F)cc1. The molecule has 1 aliphatic rings. The fourth-order valence-electron chi connectivity index (χ4n) is 2.15. The van der Waals surface area contributed by atoms with Crippen LogP contribution in [0.5, 0.6) is 0 Å². The minimum atomic E-state index is -4.32. The van der Waals surface area contributed by atoms with Crippen LogP contribution < -0.4 is 0 Å². The minimum absolute atomic E-state index is 0.0407. The molecule has 0 bridgehead atoms. The maximum absolute atomic E-state index is 12.4. The molecule has 1 atom stereocenters. The lowest BCUT2D eigenvalue weighted by Crippen LogP contribution is -2.24. The zero-order valence-electron chi connectivity index (χ0n) is 10.2. The van der Waals surface area contributed by atoms with Gasteiger partial charge in [-0.25, -0.2) is 0 Å². The van der Waals surface area contributed by atoms with Crippen molar-refractivity contribution in [2.75, 3.05) is 12.3 Å². The van der Waals surface area contributed by atoms with Crippen molar-refractivity contribution >= 4 is 18.5 Å². The van der Waals surface area contributed by atoms with Gasteiger partial charge < -0.3 is 4.90 Å². The molecule has 104 valence electrons. The second kappa shape index (κ2) is 5.45. The molecule has 0 N–H and O–H groups in total. The van der Waals surface area contributed by atoms with Crippen LogP contribution in [-0.4, -0.2) is 23.1 Å². The number of alkyl halides is 3. The summed E-state index contributed by atoms with van der Waals surface area (Å²) >= 11 is 4.16. The highest BCUT2D eigenvalue weighted by Gasteiger charge is 2.31. The van der Waals surface area contributed by atoms with Crippen LogP contribution in [-0.2, 0) is 17.5 Å². The van der Waals surface area contributed by atoms with Crippen molar-refractivity contribution in [3.8, 4) is 0 Å². The molecule has 0 aliphatic carbocycles. The standard InChI is InChI=1S/C13H14F3NOS/c14-13(15,16)11-3-1-9(2-4-11)6-17-7-10(8-19)5-12(17)18/h1-4,10,19H,5-8H2. The Hall–Kier alpha value is -1.17. The van der Waals surface area contributed by atoms with Crippen LogP contribution in [0.2, 0.25) is 0 Å². The first-order chi connectivity index (χ1) is 8.90. The zero-order chi connectivity index (χ0) is 14.0. The van der Waals surface area contributed by atoms with E-state index in [0.717, 1.165) is 12.1 Å². The Kier molecular flexibility index (Phi) is 4.08. The Bertz CT molecular complexity index is 458. The number of halogens is 3. The quantitative estimate of drug-likeness (QED) is 0.848. The van der Waals surface area contributed by atoms with Crippen molar-refractivity contribution in [1.29, 1.82) is 0 Å². The summed E-state index contributed by atoms with van der Waals surface area (Å²) in [5.41, 5.74) is 0.0402. The molecule has 1 heterocycles. The van der Waals surface area contributed by atoms with Gasteiger partial charge in [0, 0.05) is 19.5 Å². The van der Waals surface area contributed by atoms with Gasteiger partial charge in [0.05, 0.1) is 5.56 Å². The van der Waals surface area contributed by atoms with Gasteiger partial charge in [-0.15, -0.1) is 0 Å². The summed E-state index contributed by atoms with van der Waals surface area (Å²) in [7, 11) is 0. The summed E-state index contributed by atoms with van der Waals surface area (Å²) in [5.74, 6) is 0.930. The molecule has 1 aromatic carbocycles. The van der Waals surface area contributed by atoms with Crippen LogP contribution >= 0.6 is 12.6 Å². The number of amides is 1.